The number of nitrogens with zero attached hydrogens (tertiary/aromatic N) is 1. The number of rotatable bonds is 9. The fourth-order valence-corrected chi connectivity index (χ4v) is 4.18. The van der Waals surface area contributed by atoms with E-state index in [0.717, 1.165) is 16.8 Å². The van der Waals surface area contributed by atoms with Gasteiger partial charge in [-0.2, -0.15) is 0 Å². The second-order valence-corrected chi connectivity index (χ2v) is 8.62. The minimum absolute atomic E-state index is 0.213. The molecule has 0 radical (unpaired) electrons. The van der Waals surface area contributed by atoms with E-state index >= 15 is 0 Å². The third kappa shape index (κ3) is 6.05. The van der Waals surface area contributed by atoms with Gasteiger partial charge in [0.05, 0.1) is 42.8 Å². The Morgan fingerprint density at radius 1 is 0.973 bits per heavy atom. The Balaban J connectivity index is 1.63. The molecule has 0 aliphatic carbocycles. The zero-order valence-corrected chi connectivity index (χ0v) is 21.0. The van der Waals surface area contributed by atoms with Crippen molar-refractivity contribution < 1.29 is 23.9 Å². The number of benzene rings is 3. The van der Waals surface area contributed by atoms with Gasteiger partial charge in [0.25, 0.3) is 5.91 Å². The maximum Gasteiger partial charge on any atom is 0.337 e. The molecule has 37 heavy (non-hydrogen) atoms. The molecule has 1 heterocycles. The number of carbonyl (C=O) groups is 3. The van der Waals surface area contributed by atoms with Crippen molar-refractivity contribution in [3.8, 4) is 0 Å². The molecule has 2 N–H and O–H groups in total. The number of amides is 1. The highest BCUT2D eigenvalue weighted by Crippen LogP contribution is 2.38. The van der Waals surface area contributed by atoms with Gasteiger partial charge in [-0.3, -0.25) is 14.5 Å². The second kappa shape index (κ2) is 11.5. The summed E-state index contributed by atoms with van der Waals surface area (Å²) in [5, 5.41) is 6.30. The van der Waals surface area contributed by atoms with Crippen LogP contribution in [0.4, 0.5) is 11.4 Å². The summed E-state index contributed by atoms with van der Waals surface area (Å²) in [5.74, 6) is -0.985. The molecule has 4 rings (SSSR count). The fraction of sp³-hybridized carbons (Fsp3) is 0.207. The quantitative estimate of drug-likeness (QED) is 0.333. The summed E-state index contributed by atoms with van der Waals surface area (Å²) in [6.07, 6.45) is 0. The molecule has 0 atom stereocenters. The average Bonchev–Trinajstić information content (AvgIpc) is 3.22. The number of methoxy groups -OCH3 is 1. The Labute approximate surface area is 215 Å². The average molecular weight is 500 g/mol. The third-order valence-corrected chi connectivity index (χ3v) is 5.88. The SMILES string of the molecule is CCOC(=O)CN(C)Cc1ccc(NC(=C2C(=O)Nc3cc(C(=O)OC)ccc32)c2ccccc2)cc1. The second-order valence-electron chi connectivity index (χ2n) is 8.62. The molecule has 1 aliphatic rings. The van der Waals surface area contributed by atoms with Crippen LogP contribution in [0.25, 0.3) is 11.3 Å². The largest absolute Gasteiger partial charge is 0.465 e. The maximum atomic E-state index is 13.1. The van der Waals surface area contributed by atoms with E-state index in [2.05, 4.69) is 10.6 Å². The molecule has 8 nitrogen and oxygen atoms in total. The van der Waals surface area contributed by atoms with Crippen LogP contribution in [-0.2, 0) is 25.6 Å². The number of nitrogens with one attached hydrogen (secondary N) is 2. The van der Waals surface area contributed by atoms with Crippen LogP contribution < -0.4 is 10.6 Å². The molecule has 3 aromatic rings. The van der Waals surface area contributed by atoms with Crippen LogP contribution in [0.3, 0.4) is 0 Å². The van der Waals surface area contributed by atoms with Gasteiger partial charge in [0.2, 0.25) is 0 Å². The first kappa shape index (κ1) is 25.7. The van der Waals surface area contributed by atoms with Gasteiger partial charge >= 0.3 is 11.9 Å². The van der Waals surface area contributed by atoms with Crippen LogP contribution in [0, 0.1) is 0 Å². The summed E-state index contributed by atoms with van der Waals surface area (Å²) < 4.78 is 9.82. The lowest BCUT2D eigenvalue weighted by molar-refractivity contribution is -0.144. The minimum Gasteiger partial charge on any atom is -0.465 e. The van der Waals surface area contributed by atoms with Gasteiger partial charge in [0, 0.05) is 17.8 Å². The first-order chi connectivity index (χ1) is 17.9. The number of esters is 2. The van der Waals surface area contributed by atoms with E-state index in [-0.39, 0.29) is 18.4 Å². The lowest BCUT2D eigenvalue weighted by Gasteiger charge is -2.17. The Morgan fingerprint density at radius 2 is 1.70 bits per heavy atom. The van der Waals surface area contributed by atoms with Crippen molar-refractivity contribution in [3.05, 3.63) is 95.1 Å². The Bertz CT molecular complexity index is 1330. The lowest BCUT2D eigenvalue weighted by atomic mass is 9.99. The number of carbonyl (C=O) groups excluding carboxylic acids is 3. The van der Waals surface area contributed by atoms with Gasteiger partial charge in [-0.1, -0.05) is 48.5 Å². The van der Waals surface area contributed by atoms with Crippen LogP contribution in [0.15, 0.2) is 72.8 Å². The molecule has 8 heteroatoms. The number of likely N-dealkylation sites (N-methyl/N-ethyl adjacent to an activating group) is 1. The first-order valence-corrected chi connectivity index (χ1v) is 11.9. The number of hydrogen-bond acceptors (Lipinski definition) is 7. The number of fused-ring (bicyclic) bond motifs is 1. The van der Waals surface area contributed by atoms with E-state index in [1.54, 1.807) is 25.1 Å². The first-order valence-electron chi connectivity index (χ1n) is 11.9. The van der Waals surface area contributed by atoms with Crippen molar-refractivity contribution in [1.29, 1.82) is 0 Å². The minimum atomic E-state index is -0.469. The third-order valence-electron chi connectivity index (χ3n) is 5.88. The van der Waals surface area contributed by atoms with E-state index < -0.39 is 5.97 Å². The summed E-state index contributed by atoms with van der Waals surface area (Å²) >= 11 is 0. The van der Waals surface area contributed by atoms with Gasteiger partial charge < -0.3 is 20.1 Å². The van der Waals surface area contributed by atoms with Crippen molar-refractivity contribution >= 4 is 40.5 Å². The van der Waals surface area contributed by atoms with Crippen LogP contribution in [0.5, 0.6) is 0 Å². The van der Waals surface area contributed by atoms with Crippen LogP contribution in [0.2, 0.25) is 0 Å². The molecule has 0 saturated carbocycles. The lowest BCUT2D eigenvalue weighted by Crippen LogP contribution is -2.26. The molecule has 0 bridgehead atoms. The zero-order valence-electron chi connectivity index (χ0n) is 21.0. The normalized spacial score (nSPS) is 13.6. The molecule has 0 saturated heterocycles. The summed E-state index contributed by atoms with van der Waals surface area (Å²) in [6, 6.07) is 22.4. The van der Waals surface area contributed by atoms with Crippen LogP contribution in [0.1, 0.15) is 34.0 Å². The summed E-state index contributed by atoms with van der Waals surface area (Å²) in [4.78, 5) is 38.7. The predicted molar refractivity (Wildman–Crippen MR) is 143 cm³/mol. The van der Waals surface area contributed by atoms with Crippen molar-refractivity contribution in [3.63, 3.8) is 0 Å². The molecule has 190 valence electrons. The zero-order chi connectivity index (χ0) is 26.4. The number of anilines is 2. The topological polar surface area (TPSA) is 97.0 Å². The molecule has 0 unspecified atom stereocenters. The van der Waals surface area contributed by atoms with Crippen molar-refractivity contribution in [1.82, 2.24) is 4.90 Å². The Kier molecular flexibility index (Phi) is 8.00. The van der Waals surface area contributed by atoms with Gasteiger partial charge in [-0.05, 0) is 49.4 Å². The van der Waals surface area contributed by atoms with Crippen molar-refractivity contribution in [2.45, 2.75) is 13.5 Å². The van der Waals surface area contributed by atoms with Crippen LogP contribution in [-0.4, -0.2) is 50.1 Å². The summed E-state index contributed by atoms with van der Waals surface area (Å²) in [6.45, 7) is 2.95. The van der Waals surface area contributed by atoms with Gasteiger partial charge in [0.15, 0.2) is 0 Å². The molecule has 0 aromatic heterocycles. The highest BCUT2D eigenvalue weighted by molar-refractivity contribution is 6.37. The highest BCUT2D eigenvalue weighted by Gasteiger charge is 2.29. The highest BCUT2D eigenvalue weighted by atomic mass is 16.5. The predicted octanol–water partition coefficient (Wildman–Crippen LogP) is 4.40. The van der Waals surface area contributed by atoms with Gasteiger partial charge in [-0.15, -0.1) is 0 Å². The monoisotopic (exact) mass is 499 g/mol. The molecule has 0 fully saturated rings. The summed E-state index contributed by atoms with van der Waals surface area (Å²) in [7, 11) is 3.18. The standard InChI is InChI=1S/C29H29N3O5/c1-4-37-25(33)18-32(2)17-19-10-13-22(14-11-19)30-27(20-8-6-5-7-9-20)26-23-15-12-21(29(35)36-3)16-24(23)31-28(26)34/h5-16,30H,4,17-18H2,1-3H3,(H,31,34). The van der Waals surface area contributed by atoms with Crippen molar-refractivity contribution in [2.24, 2.45) is 0 Å². The van der Waals surface area contributed by atoms with E-state index in [9.17, 15) is 14.4 Å². The number of hydrogen-bond donors (Lipinski definition) is 2. The van der Waals surface area contributed by atoms with Gasteiger partial charge in [0.1, 0.15) is 0 Å². The molecule has 3 aromatic carbocycles. The maximum absolute atomic E-state index is 13.1. The fourth-order valence-electron chi connectivity index (χ4n) is 4.18. The number of ether oxygens (including phenoxy) is 2. The molecule has 0 spiro atoms. The van der Waals surface area contributed by atoms with Crippen LogP contribution >= 0.6 is 0 Å². The molecular formula is C29H29N3O5. The Hall–Kier alpha value is -4.43. The smallest absolute Gasteiger partial charge is 0.337 e. The van der Waals surface area contributed by atoms with E-state index in [1.165, 1.54) is 7.11 Å². The van der Waals surface area contributed by atoms with E-state index in [0.29, 0.717) is 41.2 Å². The van der Waals surface area contributed by atoms with E-state index in [1.807, 2.05) is 66.5 Å². The molecular weight excluding hydrogens is 470 g/mol. The molecule has 1 amide bonds. The Morgan fingerprint density at radius 3 is 2.38 bits per heavy atom. The van der Waals surface area contributed by atoms with Crippen molar-refractivity contribution in [2.75, 3.05) is 37.9 Å². The summed E-state index contributed by atoms with van der Waals surface area (Å²) in [5.41, 5.74) is 5.42. The molecule has 1 aliphatic heterocycles. The van der Waals surface area contributed by atoms with E-state index in [4.69, 9.17) is 9.47 Å². The van der Waals surface area contributed by atoms with Gasteiger partial charge in [-0.25, -0.2) is 4.79 Å².